The lowest BCUT2D eigenvalue weighted by atomic mass is 10.0. The Morgan fingerprint density at radius 3 is 2.61 bits per heavy atom. The second-order valence-corrected chi connectivity index (χ2v) is 6.42. The van der Waals surface area contributed by atoms with E-state index >= 15 is 0 Å². The first-order valence-electron chi connectivity index (χ1n) is 6.63. The lowest BCUT2D eigenvalue weighted by Crippen LogP contribution is -2.08. The number of carbonyl (C=O) groups is 2. The van der Waals surface area contributed by atoms with Crippen molar-refractivity contribution in [3.8, 4) is 0 Å². The highest BCUT2D eigenvalue weighted by Crippen LogP contribution is 2.34. The summed E-state index contributed by atoms with van der Waals surface area (Å²) in [6, 6.07) is 8.41. The van der Waals surface area contributed by atoms with Gasteiger partial charge in [0, 0.05) is 10.4 Å². The number of nitrogens with zero attached hydrogens (tertiary/aromatic N) is 2. The van der Waals surface area contributed by atoms with Crippen LogP contribution in [0.1, 0.15) is 27.7 Å². The Hall–Kier alpha value is -1.76. The summed E-state index contributed by atoms with van der Waals surface area (Å²) in [5.41, 5.74) is -0.810. The van der Waals surface area contributed by atoms with Crippen molar-refractivity contribution in [2.75, 3.05) is 0 Å². The molecule has 0 saturated heterocycles. The Balaban J connectivity index is 2.42. The molecule has 0 aliphatic rings. The molecule has 1 unspecified atom stereocenters. The molecule has 8 heteroatoms. The van der Waals surface area contributed by atoms with Gasteiger partial charge in [-0.05, 0) is 24.6 Å². The number of alkyl halides is 1. The first-order chi connectivity index (χ1) is 10.9. The smallest absolute Gasteiger partial charge is 0.345 e. The van der Waals surface area contributed by atoms with Crippen molar-refractivity contribution in [3.63, 3.8) is 0 Å². The van der Waals surface area contributed by atoms with Crippen LogP contribution < -0.4 is 0 Å². The average molecular weight is 371 g/mol. The summed E-state index contributed by atoms with van der Waals surface area (Å²) in [7, 11) is 0. The van der Waals surface area contributed by atoms with Crippen LogP contribution in [0.15, 0.2) is 40.6 Å². The Morgan fingerprint density at radius 2 is 2.00 bits per heavy atom. The van der Waals surface area contributed by atoms with E-state index < -0.39 is 11.5 Å². The van der Waals surface area contributed by atoms with Crippen LogP contribution in [0, 0.1) is 0 Å². The molecule has 0 aliphatic carbocycles. The van der Waals surface area contributed by atoms with Gasteiger partial charge in [-0.1, -0.05) is 42.3 Å². The van der Waals surface area contributed by atoms with E-state index in [1.54, 1.807) is 30.3 Å². The number of azo groups is 1. The molecular formula is C15H12Cl2N2O3S. The van der Waals surface area contributed by atoms with E-state index in [1.165, 1.54) is 11.3 Å². The summed E-state index contributed by atoms with van der Waals surface area (Å²) in [6.07, 6.45) is 0.715. The van der Waals surface area contributed by atoms with Crippen LogP contribution in [0.5, 0.6) is 0 Å². The lowest BCUT2D eigenvalue weighted by Gasteiger charge is -2.02. The van der Waals surface area contributed by atoms with Crippen LogP contribution in [0.25, 0.3) is 0 Å². The van der Waals surface area contributed by atoms with Crippen molar-refractivity contribution in [2.24, 2.45) is 10.2 Å². The first kappa shape index (κ1) is 17.6. The summed E-state index contributed by atoms with van der Waals surface area (Å²) < 4.78 is 0. The molecule has 2 rings (SSSR count). The second-order valence-electron chi connectivity index (χ2n) is 4.48. The van der Waals surface area contributed by atoms with Gasteiger partial charge in [0.05, 0.1) is 10.6 Å². The number of rotatable bonds is 6. The number of benzene rings is 1. The van der Waals surface area contributed by atoms with Crippen molar-refractivity contribution in [1.29, 1.82) is 0 Å². The zero-order valence-electron chi connectivity index (χ0n) is 12.0. The maximum Gasteiger partial charge on any atom is 0.345 e. The van der Waals surface area contributed by atoms with Gasteiger partial charge in [0.2, 0.25) is 5.50 Å². The number of hydrogen-bond acceptors (Lipinski definition) is 5. The molecule has 0 aliphatic heterocycles. The predicted octanol–water partition coefficient (Wildman–Crippen LogP) is 4.93. The largest absolute Gasteiger partial charge is 0.479 e. The van der Waals surface area contributed by atoms with Crippen molar-refractivity contribution in [1.82, 2.24) is 0 Å². The molecule has 0 fully saturated rings. The third-order valence-corrected chi connectivity index (χ3v) is 4.70. The molecule has 0 bridgehead atoms. The normalized spacial score (nSPS) is 12.5. The molecule has 0 spiro atoms. The van der Waals surface area contributed by atoms with Crippen molar-refractivity contribution >= 4 is 51.3 Å². The molecule has 1 N–H and O–H groups in total. The monoisotopic (exact) mass is 370 g/mol. The topological polar surface area (TPSA) is 79.1 Å². The summed E-state index contributed by atoms with van der Waals surface area (Å²) in [4.78, 5) is 24.3. The fourth-order valence-corrected chi connectivity index (χ4v) is 2.97. The molecule has 1 aromatic carbocycles. The third kappa shape index (κ3) is 4.16. The number of ketones is 1. The number of thiophene rings is 1. The zero-order chi connectivity index (χ0) is 17.0. The maximum absolute atomic E-state index is 12.7. The standard InChI is InChI=1S/C15H12Cl2N2O3S/c1-2-8-7-10(12(20)9-5-3-4-6-11(9)16)14(23-8)19-18-13(17)15(21)22/h3-7,13H,2H2,1H3,(H,21,22)/b19-18+. The molecule has 120 valence electrons. The van der Waals surface area contributed by atoms with Gasteiger partial charge in [-0.25, -0.2) is 4.79 Å². The van der Waals surface area contributed by atoms with Gasteiger partial charge < -0.3 is 5.11 Å². The average Bonchev–Trinajstić information content (AvgIpc) is 2.95. The van der Waals surface area contributed by atoms with Crippen LogP contribution >= 0.6 is 34.5 Å². The minimum Gasteiger partial charge on any atom is -0.479 e. The molecule has 1 atom stereocenters. The molecule has 2 aromatic rings. The molecule has 0 amide bonds. The Morgan fingerprint density at radius 1 is 1.30 bits per heavy atom. The van der Waals surface area contributed by atoms with Gasteiger partial charge in [0.1, 0.15) is 5.00 Å². The van der Waals surface area contributed by atoms with E-state index in [0.29, 0.717) is 27.6 Å². The van der Waals surface area contributed by atoms with E-state index in [-0.39, 0.29) is 5.78 Å². The van der Waals surface area contributed by atoms with E-state index in [4.69, 9.17) is 28.3 Å². The summed E-state index contributed by atoms with van der Waals surface area (Å²) in [6.45, 7) is 1.94. The highest BCUT2D eigenvalue weighted by Gasteiger charge is 2.20. The molecule has 23 heavy (non-hydrogen) atoms. The van der Waals surface area contributed by atoms with Crippen LogP contribution in [0.3, 0.4) is 0 Å². The number of aryl methyl sites for hydroxylation is 1. The molecule has 1 heterocycles. The number of halogens is 2. The second kappa shape index (κ2) is 7.68. The Labute approximate surface area is 146 Å². The van der Waals surface area contributed by atoms with Crippen LogP contribution in [-0.2, 0) is 11.2 Å². The maximum atomic E-state index is 12.7. The Bertz CT molecular complexity index is 774. The van der Waals surface area contributed by atoms with E-state index in [0.717, 1.165) is 4.88 Å². The summed E-state index contributed by atoms with van der Waals surface area (Å²) >= 11 is 12.8. The molecule has 1 aromatic heterocycles. The highest BCUT2D eigenvalue weighted by atomic mass is 35.5. The number of carboxylic acid groups (broad SMARTS) is 1. The fraction of sp³-hybridized carbons (Fsp3) is 0.200. The minimum absolute atomic E-state index is 0.290. The number of carbonyl (C=O) groups excluding carboxylic acids is 1. The van der Waals surface area contributed by atoms with Gasteiger partial charge in [0.25, 0.3) is 0 Å². The van der Waals surface area contributed by atoms with Crippen molar-refractivity contribution in [3.05, 3.63) is 51.4 Å². The molecule has 0 saturated carbocycles. The molecule has 0 radical (unpaired) electrons. The van der Waals surface area contributed by atoms with Gasteiger partial charge in [0.15, 0.2) is 5.78 Å². The minimum atomic E-state index is -1.49. The van der Waals surface area contributed by atoms with Crippen LogP contribution in [-0.4, -0.2) is 22.4 Å². The van der Waals surface area contributed by atoms with Crippen molar-refractivity contribution in [2.45, 2.75) is 18.8 Å². The van der Waals surface area contributed by atoms with Crippen LogP contribution in [0.4, 0.5) is 5.00 Å². The quantitative estimate of drug-likeness (QED) is 0.338. The predicted molar refractivity (Wildman–Crippen MR) is 90.4 cm³/mol. The van der Waals surface area contributed by atoms with Crippen molar-refractivity contribution < 1.29 is 14.7 Å². The number of carboxylic acids is 1. The fourth-order valence-electron chi connectivity index (χ4n) is 1.79. The van der Waals surface area contributed by atoms with Gasteiger partial charge in [-0.2, -0.15) is 5.11 Å². The number of hydrogen-bond donors (Lipinski definition) is 1. The summed E-state index contributed by atoms with van der Waals surface area (Å²) in [5.74, 6) is -1.59. The van der Waals surface area contributed by atoms with E-state index in [9.17, 15) is 9.59 Å². The third-order valence-electron chi connectivity index (χ3n) is 2.93. The van der Waals surface area contributed by atoms with Gasteiger partial charge >= 0.3 is 5.97 Å². The first-order valence-corrected chi connectivity index (χ1v) is 8.26. The zero-order valence-corrected chi connectivity index (χ0v) is 14.3. The molecule has 5 nitrogen and oxygen atoms in total. The van der Waals surface area contributed by atoms with E-state index in [1.807, 2.05) is 6.92 Å². The van der Waals surface area contributed by atoms with Crippen LogP contribution in [0.2, 0.25) is 5.02 Å². The SMILES string of the molecule is CCc1cc(C(=O)c2ccccc2Cl)c(/N=N/C(Cl)C(=O)O)s1. The van der Waals surface area contributed by atoms with Gasteiger partial charge in [-0.15, -0.1) is 16.5 Å². The van der Waals surface area contributed by atoms with E-state index in [2.05, 4.69) is 10.2 Å². The summed E-state index contributed by atoms with van der Waals surface area (Å²) in [5, 5.41) is 16.7. The highest BCUT2D eigenvalue weighted by molar-refractivity contribution is 7.16. The number of aliphatic carboxylic acids is 1. The Kier molecular flexibility index (Phi) is 5.87. The molecular weight excluding hydrogens is 359 g/mol. The van der Waals surface area contributed by atoms with Gasteiger partial charge in [-0.3, -0.25) is 4.79 Å². The lowest BCUT2D eigenvalue weighted by molar-refractivity contribution is -0.136.